The van der Waals surface area contributed by atoms with Crippen molar-refractivity contribution in [3.63, 3.8) is 0 Å². The molecule has 0 aromatic rings. The summed E-state index contributed by atoms with van der Waals surface area (Å²) in [6.45, 7) is 13.4. The molecule has 1 amide bonds. The molecule has 0 rings (SSSR count). The molecule has 0 aliphatic heterocycles. The van der Waals surface area contributed by atoms with Gasteiger partial charge in [0.15, 0.2) is 0 Å². The molecule has 0 aromatic carbocycles. The summed E-state index contributed by atoms with van der Waals surface area (Å²) in [5.41, 5.74) is 0. The van der Waals surface area contributed by atoms with Crippen LogP contribution in [-0.4, -0.2) is 74.7 Å². The summed E-state index contributed by atoms with van der Waals surface area (Å²) in [5.74, 6) is 0.388. The third-order valence-corrected chi connectivity index (χ3v) is 10.3. The van der Waals surface area contributed by atoms with Crippen molar-refractivity contribution in [2.75, 3.05) is 53.0 Å². The summed E-state index contributed by atoms with van der Waals surface area (Å²) < 4.78 is 10.8. The summed E-state index contributed by atoms with van der Waals surface area (Å²) in [6, 6.07) is 0. The zero-order valence-corrected chi connectivity index (χ0v) is 34.4. The van der Waals surface area contributed by atoms with Crippen LogP contribution < -0.4 is 0 Å². The minimum Gasteiger partial charge on any atom is -0.466 e. The summed E-state index contributed by atoms with van der Waals surface area (Å²) in [6.07, 6.45) is 37.0. The van der Waals surface area contributed by atoms with Gasteiger partial charge in [0.2, 0.25) is 5.91 Å². The summed E-state index contributed by atoms with van der Waals surface area (Å²) >= 11 is 0. The maximum Gasteiger partial charge on any atom is 0.305 e. The first-order chi connectivity index (χ1) is 24.6. The van der Waals surface area contributed by atoms with Crippen LogP contribution in [0.15, 0.2) is 0 Å². The first-order valence-electron chi connectivity index (χ1n) is 22.2. The number of carbonyl (C=O) groups is 2. The molecular formula is C44H88N2O4. The second-order valence-electron chi connectivity index (χ2n) is 15.1. The Balaban J connectivity index is 4.05. The molecule has 298 valence electrons. The molecule has 0 bridgehead atoms. The van der Waals surface area contributed by atoms with E-state index in [1.807, 2.05) is 0 Å². The predicted molar refractivity (Wildman–Crippen MR) is 216 cm³/mol. The Labute approximate surface area is 313 Å². The Morgan fingerprint density at radius 3 is 1.24 bits per heavy atom. The molecule has 0 aliphatic carbocycles. The van der Waals surface area contributed by atoms with Crippen LogP contribution >= 0.6 is 0 Å². The molecule has 0 aromatic heterocycles. The van der Waals surface area contributed by atoms with Gasteiger partial charge >= 0.3 is 5.97 Å². The van der Waals surface area contributed by atoms with E-state index in [0.717, 1.165) is 71.4 Å². The van der Waals surface area contributed by atoms with E-state index in [9.17, 15) is 9.59 Å². The van der Waals surface area contributed by atoms with Gasteiger partial charge in [0.1, 0.15) is 0 Å². The number of nitrogens with zero attached hydrogens (tertiary/aromatic N) is 2. The van der Waals surface area contributed by atoms with Crippen LogP contribution in [0.5, 0.6) is 0 Å². The van der Waals surface area contributed by atoms with Crippen LogP contribution in [0.25, 0.3) is 0 Å². The fourth-order valence-electron chi connectivity index (χ4n) is 6.84. The van der Waals surface area contributed by atoms with Crippen molar-refractivity contribution < 1.29 is 19.1 Å². The van der Waals surface area contributed by atoms with Crippen LogP contribution in [0.4, 0.5) is 0 Å². The number of ether oxygens (including phenoxy) is 2. The molecule has 0 saturated carbocycles. The normalized spacial score (nSPS) is 11.5. The van der Waals surface area contributed by atoms with Crippen molar-refractivity contribution in [2.24, 2.45) is 0 Å². The van der Waals surface area contributed by atoms with E-state index < -0.39 is 0 Å². The second kappa shape index (κ2) is 40.6. The van der Waals surface area contributed by atoms with Gasteiger partial charge in [-0.25, -0.2) is 0 Å². The first kappa shape index (κ1) is 48.9. The lowest BCUT2D eigenvalue weighted by molar-refractivity contribution is -0.144. The largest absolute Gasteiger partial charge is 0.466 e. The quantitative estimate of drug-likeness (QED) is 0.0467. The van der Waals surface area contributed by atoms with Gasteiger partial charge in [-0.2, -0.15) is 0 Å². The summed E-state index contributed by atoms with van der Waals surface area (Å²) in [7, 11) is 1.79. The molecule has 50 heavy (non-hydrogen) atoms. The van der Waals surface area contributed by atoms with Gasteiger partial charge in [-0.15, -0.1) is 0 Å². The van der Waals surface area contributed by atoms with Gasteiger partial charge in [0.05, 0.1) is 13.2 Å². The third-order valence-electron chi connectivity index (χ3n) is 10.3. The predicted octanol–water partition coefficient (Wildman–Crippen LogP) is 12.5. The second-order valence-corrected chi connectivity index (χ2v) is 15.1. The fourth-order valence-corrected chi connectivity index (χ4v) is 6.84. The van der Waals surface area contributed by atoms with E-state index in [-0.39, 0.29) is 5.97 Å². The lowest BCUT2D eigenvalue weighted by Crippen LogP contribution is -2.32. The van der Waals surface area contributed by atoms with E-state index in [2.05, 4.69) is 30.6 Å². The monoisotopic (exact) mass is 709 g/mol. The number of carbonyl (C=O) groups excluding carboxylic acids is 2. The Morgan fingerprint density at radius 1 is 0.400 bits per heavy atom. The van der Waals surface area contributed by atoms with Crippen molar-refractivity contribution in [2.45, 2.75) is 220 Å². The van der Waals surface area contributed by atoms with E-state index in [4.69, 9.17) is 9.47 Å². The lowest BCUT2D eigenvalue weighted by Gasteiger charge is -2.23. The van der Waals surface area contributed by atoms with Crippen LogP contribution in [0.3, 0.4) is 0 Å². The van der Waals surface area contributed by atoms with Crippen LogP contribution in [0, 0.1) is 0 Å². The van der Waals surface area contributed by atoms with Gasteiger partial charge in [-0.3, -0.25) is 9.59 Å². The van der Waals surface area contributed by atoms with Crippen molar-refractivity contribution in [1.82, 2.24) is 9.80 Å². The number of hydrogen-bond donors (Lipinski definition) is 0. The fraction of sp³-hybridized carbons (Fsp3) is 0.955. The van der Waals surface area contributed by atoms with Gasteiger partial charge in [0, 0.05) is 39.6 Å². The standard InChI is InChI=1S/C44H88N2O4/c1-5-8-11-14-17-26-33-41-50-44(48)35-28-21-19-23-30-37-45(40-42-49-4)36-29-22-18-20-27-34-43(47)46(38-31-24-15-12-9-6-2)39-32-25-16-13-10-7-3/h5-42H2,1-4H3. The molecule has 6 nitrogen and oxygen atoms in total. The molecule has 0 aliphatic rings. The Kier molecular flexibility index (Phi) is 39.7. The number of unbranched alkanes of at least 4 members (excludes halogenated alkanes) is 24. The molecule has 0 heterocycles. The summed E-state index contributed by atoms with van der Waals surface area (Å²) in [5, 5.41) is 0. The van der Waals surface area contributed by atoms with Crippen LogP contribution in [0.2, 0.25) is 0 Å². The highest BCUT2D eigenvalue weighted by Crippen LogP contribution is 2.14. The van der Waals surface area contributed by atoms with E-state index >= 15 is 0 Å². The minimum atomic E-state index is -0.0118. The molecule has 0 saturated heterocycles. The van der Waals surface area contributed by atoms with Gasteiger partial charge in [0.25, 0.3) is 0 Å². The average Bonchev–Trinajstić information content (AvgIpc) is 3.12. The topological polar surface area (TPSA) is 59.1 Å². The molecule has 6 heteroatoms. The number of amides is 1. The zero-order valence-electron chi connectivity index (χ0n) is 34.4. The van der Waals surface area contributed by atoms with Gasteiger partial charge < -0.3 is 19.3 Å². The zero-order chi connectivity index (χ0) is 36.6. The van der Waals surface area contributed by atoms with E-state index in [1.165, 1.54) is 161 Å². The Bertz CT molecular complexity index is 688. The lowest BCUT2D eigenvalue weighted by atomic mass is 10.1. The number of rotatable bonds is 41. The minimum absolute atomic E-state index is 0.0118. The maximum absolute atomic E-state index is 13.1. The number of esters is 1. The highest BCUT2D eigenvalue weighted by atomic mass is 16.5. The van der Waals surface area contributed by atoms with Crippen molar-refractivity contribution in [1.29, 1.82) is 0 Å². The first-order valence-corrected chi connectivity index (χ1v) is 22.2. The van der Waals surface area contributed by atoms with E-state index in [1.54, 1.807) is 7.11 Å². The van der Waals surface area contributed by atoms with E-state index in [0.29, 0.717) is 18.9 Å². The Hall–Kier alpha value is -1.14. The number of hydrogen-bond acceptors (Lipinski definition) is 5. The molecular weight excluding hydrogens is 620 g/mol. The van der Waals surface area contributed by atoms with Crippen molar-refractivity contribution in [3.05, 3.63) is 0 Å². The molecule has 0 spiro atoms. The highest BCUT2D eigenvalue weighted by molar-refractivity contribution is 5.76. The molecule has 0 radical (unpaired) electrons. The van der Waals surface area contributed by atoms with Crippen LogP contribution in [0.1, 0.15) is 220 Å². The Morgan fingerprint density at radius 2 is 0.780 bits per heavy atom. The molecule has 0 N–H and O–H groups in total. The molecule has 0 unspecified atom stereocenters. The highest BCUT2D eigenvalue weighted by Gasteiger charge is 2.13. The summed E-state index contributed by atoms with van der Waals surface area (Å²) in [4.78, 5) is 29.9. The van der Waals surface area contributed by atoms with Crippen molar-refractivity contribution in [3.8, 4) is 0 Å². The van der Waals surface area contributed by atoms with Crippen LogP contribution in [-0.2, 0) is 19.1 Å². The van der Waals surface area contributed by atoms with Gasteiger partial charge in [-0.1, -0.05) is 162 Å². The van der Waals surface area contributed by atoms with Gasteiger partial charge in [-0.05, 0) is 58.0 Å². The smallest absolute Gasteiger partial charge is 0.305 e. The maximum atomic E-state index is 13.1. The SMILES string of the molecule is CCCCCCCCCOC(=O)CCCCCCCN(CCCCCCCC(=O)N(CCCCCCCC)CCCCCCCC)CCOC. The third kappa shape index (κ3) is 35.3. The van der Waals surface area contributed by atoms with Crippen molar-refractivity contribution >= 4 is 11.9 Å². The number of methoxy groups -OCH3 is 1. The molecule has 0 fully saturated rings. The average molecular weight is 709 g/mol. The molecule has 0 atom stereocenters.